The summed E-state index contributed by atoms with van der Waals surface area (Å²) in [5.74, 6) is -0.326. The number of rotatable bonds is 4. The Hall–Kier alpha value is -2.04. The number of nitrogens with one attached hydrogen (secondary N) is 1. The van der Waals surface area contributed by atoms with Crippen LogP contribution in [0.25, 0.3) is 0 Å². The minimum absolute atomic E-state index is 0.326. The van der Waals surface area contributed by atoms with E-state index in [1.165, 1.54) is 31.0 Å². The molecule has 0 atom stereocenters. The van der Waals surface area contributed by atoms with E-state index in [1.807, 2.05) is 19.1 Å². The number of anilines is 1. The van der Waals surface area contributed by atoms with Crippen LogP contribution in [-0.4, -0.2) is 24.7 Å². The summed E-state index contributed by atoms with van der Waals surface area (Å²) in [5, 5.41) is 4.95. The monoisotopic (exact) mass is 389 g/mol. The van der Waals surface area contributed by atoms with E-state index in [-0.39, 0.29) is 5.91 Å². The lowest BCUT2D eigenvalue weighted by molar-refractivity contribution is 0.0955. The molecule has 2 aromatic rings. The molecule has 6 heteroatoms. The summed E-state index contributed by atoms with van der Waals surface area (Å²) in [6.07, 6.45) is 3.82. The highest BCUT2D eigenvalue weighted by Gasteiger charge is 2.11. The van der Waals surface area contributed by atoms with Gasteiger partial charge in [-0.1, -0.05) is 35.3 Å². The number of carbonyl (C=O) groups excluding carboxylic acids is 1. The molecule has 1 saturated heterocycles. The van der Waals surface area contributed by atoms with Crippen LogP contribution in [0.3, 0.4) is 0 Å². The average Bonchev–Trinajstić information content (AvgIpc) is 2.68. The van der Waals surface area contributed by atoms with Crippen molar-refractivity contribution < 1.29 is 4.79 Å². The van der Waals surface area contributed by atoms with Gasteiger partial charge in [-0.15, -0.1) is 0 Å². The van der Waals surface area contributed by atoms with Gasteiger partial charge in [0.25, 0.3) is 5.91 Å². The standard InChI is InChI=1S/C20H21Cl2N3O/c1-14(23-24-20(26)16-7-10-18(21)19(22)13-16)15-5-8-17(9-6-15)25-11-3-2-4-12-25/h5-10,13H,2-4,11-12H2,1H3,(H,24,26)/b23-14-. The Labute approximate surface area is 163 Å². The number of hydrogen-bond donors (Lipinski definition) is 1. The summed E-state index contributed by atoms with van der Waals surface area (Å²) in [6, 6.07) is 13.0. The first kappa shape index (κ1) is 18.7. The number of amides is 1. The van der Waals surface area contributed by atoms with E-state index in [9.17, 15) is 4.79 Å². The lowest BCUT2D eigenvalue weighted by Crippen LogP contribution is -2.29. The number of piperidine rings is 1. The Kier molecular flexibility index (Phi) is 6.17. The van der Waals surface area contributed by atoms with Crippen LogP contribution >= 0.6 is 23.2 Å². The number of halogens is 2. The smallest absolute Gasteiger partial charge is 0.271 e. The van der Waals surface area contributed by atoms with Crippen LogP contribution in [0.1, 0.15) is 42.1 Å². The van der Waals surface area contributed by atoms with E-state index in [2.05, 4.69) is 27.6 Å². The van der Waals surface area contributed by atoms with Gasteiger partial charge in [-0.3, -0.25) is 4.79 Å². The van der Waals surface area contributed by atoms with Gasteiger partial charge in [-0.2, -0.15) is 5.10 Å². The number of carbonyl (C=O) groups is 1. The second kappa shape index (κ2) is 8.56. The molecule has 1 fully saturated rings. The SMILES string of the molecule is C/C(=N/NC(=O)c1ccc(Cl)c(Cl)c1)c1ccc(N2CCCCC2)cc1. The third-order valence-electron chi connectivity index (χ3n) is 4.51. The molecular weight excluding hydrogens is 369 g/mol. The van der Waals surface area contributed by atoms with Crippen molar-refractivity contribution >= 4 is 40.5 Å². The molecule has 0 saturated carbocycles. The van der Waals surface area contributed by atoms with Gasteiger partial charge in [-0.25, -0.2) is 5.43 Å². The fourth-order valence-electron chi connectivity index (χ4n) is 2.97. The Morgan fingerprint density at radius 3 is 2.27 bits per heavy atom. The number of benzene rings is 2. The van der Waals surface area contributed by atoms with E-state index in [0.29, 0.717) is 15.6 Å². The molecule has 1 aliphatic heterocycles. The summed E-state index contributed by atoms with van der Waals surface area (Å²) in [5.41, 5.74) is 5.92. The number of hydrazone groups is 1. The van der Waals surface area contributed by atoms with Crippen molar-refractivity contribution in [2.45, 2.75) is 26.2 Å². The van der Waals surface area contributed by atoms with E-state index < -0.39 is 0 Å². The van der Waals surface area contributed by atoms with Gasteiger partial charge in [0.05, 0.1) is 15.8 Å². The Morgan fingerprint density at radius 1 is 0.962 bits per heavy atom. The number of hydrogen-bond acceptors (Lipinski definition) is 3. The molecule has 1 N–H and O–H groups in total. The fraction of sp³-hybridized carbons (Fsp3) is 0.300. The maximum atomic E-state index is 12.2. The highest BCUT2D eigenvalue weighted by molar-refractivity contribution is 6.42. The van der Waals surface area contributed by atoms with Gasteiger partial charge < -0.3 is 4.90 Å². The quantitative estimate of drug-likeness (QED) is 0.581. The summed E-state index contributed by atoms with van der Waals surface area (Å²) in [4.78, 5) is 14.6. The van der Waals surface area contributed by atoms with Crippen LogP contribution < -0.4 is 10.3 Å². The van der Waals surface area contributed by atoms with Crippen molar-refractivity contribution in [3.8, 4) is 0 Å². The minimum Gasteiger partial charge on any atom is -0.372 e. The second-order valence-corrected chi connectivity index (χ2v) is 7.18. The predicted molar refractivity (Wildman–Crippen MR) is 109 cm³/mol. The topological polar surface area (TPSA) is 44.7 Å². The molecule has 26 heavy (non-hydrogen) atoms. The Balaban J connectivity index is 1.65. The molecule has 1 aliphatic rings. The first-order valence-electron chi connectivity index (χ1n) is 8.69. The van der Waals surface area contributed by atoms with Crippen molar-refractivity contribution in [1.29, 1.82) is 0 Å². The zero-order chi connectivity index (χ0) is 18.5. The average molecular weight is 390 g/mol. The highest BCUT2D eigenvalue weighted by atomic mass is 35.5. The summed E-state index contributed by atoms with van der Waals surface area (Å²) < 4.78 is 0. The summed E-state index contributed by atoms with van der Waals surface area (Å²) >= 11 is 11.8. The third-order valence-corrected chi connectivity index (χ3v) is 5.25. The lowest BCUT2D eigenvalue weighted by atomic mass is 10.1. The molecule has 0 bridgehead atoms. The number of nitrogens with zero attached hydrogens (tertiary/aromatic N) is 2. The molecular formula is C20H21Cl2N3O. The molecule has 0 spiro atoms. The predicted octanol–water partition coefficient (Wildman–Crippen LogP) is 5.14. The van der Waals surface area contributed by atoms with Gasteiger partial charge >= 0.3 is 0 Å². The maximum absolute atomic E-state index is 12.2. The summed E-state index contributed by atoms with van der Waals surface area (Å²) in [6.45, 7) is 4.10. The molecule has 1 amide bonds. The molecule has 1 heterocycles. The molecule has 0 aromatic heterocycles. The molecule has 4 nitrogen and oxygen atoms in total. The molecule has 0 unspecified atom stereocenters. The normalized spacial score (nSPS) is 15.0. The zero-order valence-corrected chi connectivity index (χ0v) is 16.1. The van der Waals surface area contributed by atoms with E-state index in [1.54, 1.807) is 12.1 Å². The first-order chi connectivity index (χ1) is 12.5. The highest BCUT2D eigenvalue weighted by Crippen LogP contribution is 2.23. The minimum atomic E-state index is -0.326. The van der Waals surface area contributed by atoms with Crippen molar-refractivity contribution in [3.63, 3.8) is 0 Å². The van der Waals surface area contributed by atoms with Gasteiger partial charge in [-0.05, 0) is 62.1 Å². The largest absolute Gasteiger partial charge is 0.372 e. The van der Waals surface area contributed by atoms with Crippen molar-refractivity contribution in [3.05, 3.63) is 63.6 Å². The Morgan fingerprint density at radius 2 is 1.62 bits per heavy atom. The molecule has 2 aromatic carbocycles. The van der Waals surface area contributed by atoms with Crippen LogP contribution in [0.2, 0.25) is 10.0 Å². The molecule has 136 valence electrons. The molecule has 3 rings (SSSR count). The fourth-order valence-corrected chi connectivity index (χ4v) is 3.26. The third kappa shape index (κ3) is 4.57. The van der Waals surface area contributed by atoms with Gasteiger partial charge in [0.2, 0.25) is 0 Å². The summed E-state index contributed by atoms with van der Waals surface area (Å²) in [7, 11) is 0. The van der Waals surface area contributed by atoms with Crippen molar-refractivity contribution in [2.24, 2.45) is 5.10 Å². The van der Waals surface area contributed by atoms with Gasteiger partial charge in [0, 0.05) is 24.3 Å². The van der Waals surface area contributed by atoms with Crippen molar-refractivity contribution in [1.82, 2.24) is 5.43 Å². The van der Waals surface area contributed by atoms with Gasteiger partial charge in [0.1, 0.15) is 0 Å². The van der Waals surface area contributed by atoms with E-state index in [4.69, 9.17) is 23.2 Å². The second-order valence-electron chi connectivity index (χ2n) is 6.36. The molecule has 0 radical (unpaired) electrons. The maximum Gasteiger partial charge on any atom is 0.271 e. The van der Waals surface area contributed by atoms with Crippen LogP contribution in [0, 0.1) is 0 Å². The Bertz CT molecular complexity index is 812. The van der Waals surface area contributed by atoms with Crippen LogP contribution in [0.4, 0.5) is 5.69 Å². The van der Waals surface area contributed by atoms with Gasteiger partial charge in [0.15, 0.2) is 0 Å². The van der Waals surface area contributed by atoms with Crippen LogP contribution in [0.5, 0.6) is 0 Å². The first-order valence-corrected chi connectivity index (χ1v) is 9.45. The van der Waals surface area contributed by atoms with Crippen LogP contribution in [-0.2, 0) is 0 Å². The van der Waals surface area contributed by atoms with Crippen molar-refractivity contribution in [2.75, 3.05) is 18.0 Å². The van der Waals surface area contributed by atoms with Crippen LogP contribution in [0.15, 0.2) is 47.6 Å². The van der Waals surface area contributed by atoms with E-state index >= 15 is 0 Å². The zero-order valence-electron chi connectivity index (χ0n) is 14.6. The van der Waals surface area contributed by atoms with E-state index in [0.717, 1.165) is 24.4 Å². The molecule has 0 aliphatic carbocycles. The lowest BCUT2D eigenvalue weighted by Gasteiger charge is -2.28.